The van der Waals surface area contributed by atoms with Crippen LogP contribution in [-0.2, 0) is 4.74 Å². The highest BCUT2D eigenvalue weighted by Gasteiger charge is 2.42. The molecule has 1 saturated carbocycles. The number of anilines is 1. The first-order chi connectivity index (χ1) is 17.0. The first-order valence-electron chi connectivity index (χ1n) is 12.9. The van der Waals surface area contributed by atoms with E-state index < -0.39 is 0 Å². The van der Waals surface area contributed by atoms with Crippen molar-refractivity contribution in [2.45, 2.75) is 82.8 Å². The molecule has 7 rings (SSSR count). The number of ether oxygens (including phenoxy) is 1. The van der Waals surface area contributed by atoms with Crippen LogP contribution in [0.3, 0.4) is 0 Å². The van der Waals surface area contributed by atoms with Gasteiger partial charge in [-0.3, -0.25) is 5.43 Å². The number of fused-ring (bicyclic) bond motifs is 3. The van der Waals surface area contributed by atoms with Crippen LogP contribution in [0.5, 0.6) is 0 Å². The molecule has 6 heterocycles. The molecule has 7 atom stereocenters. The lowest BCUT2D eigenvalue weighted by Crippen LogP contribution is -2.67. The maximum Gasteiger partial charge on any atom is 0.146 e. The van der Waals surface area contributed by atoms with Crippen molar-refractivity contribution in [1.82, 2.24) is 31.3 Å². The number of hydrogen-bond acceptors (Lipinski definition) is 9. The van der Waals surface area contributed by atoms with Crippen molar-refractivity contribution in [1.29, 1.82) is 5.26 Å². The highest BCUT2D eigenvalue weighted by molar-refractivity contribution is 5.56. The molecule has 2 aromatic rings. The Hall–Kier alpha value is -2.64. The van der Waals surface area contributed by atoms with Gasteiger partial charge in [-0.25, -0.2) is 10.4 Å². The summed E-state index contributed by atoms with van der Waals surface area (Å²) in [6.45, 7) is 8.04. The molecule has 35 heavy (non-hydrogen) atoms. The predicted molar refractivity (Wildman–Crippen MR) is 131 cm³/mol. The highest BCUT2D eigenvalue weighted by Crippen LogP contribution is 2.41. The van der Waals surface area contributed by atoms with Crippen molar-refractivity contribution < 1.29 is 4.74 Å². The van der Waals surface area contributed by atoms with Gasteiger partial charge in [0.25, 0.3) is 0 Å². The van der Waals surface area contributed by atoms with Crippen LogP contribution in [0.2, 0.25) is 0 Å². The van der Waals surface area contributed by atoms with E-state index in [1.54, 1.807) is 0 Å². The van der Waals surface area contributed by atoms with Crippen LogP contribution in [-0.4, -0.2) is 52.5 Å². The molecular formula is C26H34N8O. The number of nitriles is 1. The third-order valence-electron chi connectivity index (χ3n) is 8.37. The van der Waals surface area contributed by atoms with Crippen LogP contribution in [0.15, 0.2) is 18.5 Å². The average molecular weight is 475 g/mol. The summed E-state index contributed by atoms with van der Waals surface area (Å²) in [6, 6.07) is 6.02. The smallest absolute Gasteiger partial charge is 0.146 e. The average Bonchev–Trinajstić information content (AvgIpc) is 3.26. The van der Waals surface area contributed by atoms with Crippen LogP contribution >= 0.6 is 0 Å². The van der Waals surface area contributed by atoms with Gasteiger partial charge in [0.05, 0.1) is 35.7 Å². The van der Waals surface area contributed by atoms with Crippen molar-refractivity contribution >= 4 is 5.82 Å². The normalized spacial score (nSPS) is 32.5. The van der Waals surface area contributed by atoms with E-state index in [-0.39, 0.29) is 18.2 Å². The highest BCUT2D eigenvalue weighted by atomic mass is 16.5. The number of piperazine rings is 1. The number of hydrazine groups is 1. The van der Waals surface area contributed by atoms with E-state index in [9.17, 15) is 5.26 Å². The summed E-state index contributed by atoms with van der Waals surface area (Å²) < 4.78 is 6.58. The number of nitrogens with one attached hydrogen (secondary N) is 3. The molecule has 0 aromatic carbocycles. The zero-order chi connectivity index (χ0) is 24.1. The van der Waals surface area contributed by atoms with E-state index in [0.29, 0.717) is 29.6 Å². The molecule has 4 saturated heterocycles. The molecule has 2 aromatic heterocycles. The lowest BCUT2D eigenvalue weighted by molar-refractivity contribution is -0.0377. The quantitative estimate of drug-likeness (QED) is 0.601. The largest absolute Gasteiger partial charge is 0.370 e. The molecule has 0 amide bonds. The maximum absolute atomic E-state index is 9.92. The second-order valence-electron chi connectivity index (χ2n) is 10.7. The predicted octanol–water partition coefficient (Wildman–Crippen LogP) is 2.37. The van der Waals surface area contributed by atoms with Gasteiger partial charge in [0.15, 0.2) is 0 Å². The fourth-order valence-electron chi connectivity index (χ4n) is 6.72. The van der Waals surface area contributed by atoms with Crippen molar-refractivity contribution in [3.8, 4) is 6.07 Å². The number of nitrogens with zero attached hydrogens (tertiary/aromatic N) is 5. The second kappa shape index (κ2) is 9.10. The minimum atomic E-state index is -0.0239. The number of aryl methyl sites for hydroxylation is 2. The third-order valence-corrected chi connectivity index (χ3v) is 8.37. The molecule has 5 fully saturated rings. The number of hydrogen-bond donors (Lipinski definition) is 3. The first kappa shape index (κ1) is 22.8. The summed E-state index contributed by atoms with van der Waals surface area (Å²) in [4.78, 5) is 7.07. The monoisotopic (exact) mass is 474 g/mol. The van der Waals surface area contributed by atoms with E-state index >= 15 is 0 Å². The van der Waals surface area contributed by atoms with Gasteiger partial charge < -0.3 is 15.0 Å². The Morgan fingerprint density at radius 3 is 2.69 bits per heavy atom. The molecule has 3 N–H and O–H groups in total. The van der Waals surface area contributed by atoms with E-state index in [2.05, 4.69) is 51.2 Å². The molecule has 4 aliphatic heterocycles. The van der Waals surface area contributed by atoms with Gasteiger partial charge in [-0.1, -0.05) is 0 Å². The summed E-state index contributed by atoms with van der Waals surface area (Å²) in [5.41, 5.74) is 12.0. The fraction of sp³-hybridized carbons (Fsp3) is 0.615. The minimum absolute atomic E-state index is 0.0239. The van der Waals surface area contributed by atoms with Crippen LogP contribution in [0.25, 0.3) is 0 Å². The molecule has 6 unspecified atom stereocenters. The lowest BCUT2D eigenvalue weighted by atomic mass is 9.78. The second-order valence-corrected chi connectivity index (χ2v) is 10.7. The summed E-state index contributed by atoms with van der Waals surface area (Å²) in [7, 11) is 0. The van der Waals surface area contributed by atoms with Gasteiger partial charge in [0.2, 0.25) is 0 Å². The zero-order valence-electron chi connectivity index (χ0n) is 20.7. The third kappa shape index (κ3) is 4.19. The van der Waals surface area contributed by atoms with Crippen LogP contribution in [0.1, 0.15) is 72.7 Å². The maximum atomic E-state index is 9.92. The molecule has 2 bridgehead atoms. The number of rotatable bonds is 5. The van der Waals surface area contributed by atoms with Crippen LogP contribution < -0.4 is 21.1 Å². The zero-order valence-corrected chi connectivity index (χ0v) is 20.7. The topological polar surface area (TPSA) is 111 Å². The van der Waals surface area contributed by atoms with E-state index in [4.69, 9.17) is 9.72 Å². The minimum Gasteiger partial charge on any atom is -0.370 e. The molecule has 5 aliphatic rings. The summed E-state index contributed by atoms with van der Waals surface area (Å²) in [5.74, 6) is 1.20. The molecule has 9 nitrogen and oxygen atoms in total. The molecular weight excluding hydrogens is 440 g/mol. The van der Waals surface area contributed by atoms with Crippen molar-refractivity contribution in [2.24, 2.45) is 5.92 Å². The van der Waals surface area contributed by atoms with Gasteiger partial charge in [0.1, 0.15) is 11.9 Å². The molecule has 1 aliphatic carbocycles. The Balaban J connectivity index is 1.17. The Labute approximate surface area is 206 Å². The Morgan fingerprint density at radius 2 is 1.94 bits per heavy atom. The summed E-state index contributed by atoms with van der Waals surface area (Å²) in [6.07, 6.45) is 8.20. The Bertz CT molecular complexity index is 1110. The Morgan fingerprint density at radius 1 is 1.14 bits per heavy atom. The number of aromatic nitrogens is 3. The molecule has 0 radical (unpaired) electrons. The van der Waals surface area contributed by atoms with E-state index in [0.717, 1.165) is 60.6 Å². The number of piperidine rings is 1. The SMILES string of the molecule is Cc1cnnc(C)c1[C@@H](C)OC1CCC2NNC(c3cnc(N4CC5CC(C4)N5)c(C#N)c3)C2C1. The van der Waals surface area contributed by atoms with Crippen molar-refractivity contribution in [3.05, 3.63) is 46.4 Å². The summed E-state index contributed by atoms with van der Waals surface area (Å²) >= 11 is 0. The van der Waals surface area contributed by atoms with Gasteiger partial charge in [-0.15, -0.1) is 0 Å². The lowest BCUT2D eigenvalue weighted by Gasteiger charge is -2.48. The van der Waals surface area contributed by atoms with Gasteiger partial charge >= 0.3 is 0 Å². The van der Waals surface area contributed by atoms with Crippen LogP contribution in [0.4, 0.5) is 5.82 Å². The van der Waals surface area contributed by atoms with E-state index in [1.165, 1.54) is 6.42 Å². The molecule has 9 heteroatoms. The van der Waals surface area contributed by atoms with Crippen LogP contribution in [0, 0.1) is 31.1 Å². The van der Waals surface area contributed by atoms with Crippen molar-refractivity contribution in [2.75, 3.05) is 18.0 Å². The molecule has 0 spiro atoms. The van der Waals surface area contributed by atoms with Gasteiger partial charge in [0, 0.05) is 43.0 Å². The fourth-order valence-corrected chi connectivity index (χ4v) is 6.72. The summed E-state index contributed by atoms with van der Waals surface area (Å²) in [5, 5.41) is 21.8. The molecule has 184 valence electrons. The standard InChI is InChI=1S/C26H34N8O/c1-14-10-29-31-15(2)24(14)16(3)35-21-4-5-23-22(8-21)25(33-32-23)18-6-17(9-27)26(28-11-18)34-12-19-7-20(13-34)30-19/h6,10-11,16,19-23,25,30,32-33H,4-5,7-8,12-13H2,1-3H3/t16-,19?,20?,21?,22?,23?,25?/m1/s1. The first-order valence-corrected chi connectivity index (χ1v) is 12.9. The van der Waals surface area contributed by atoms with Crippen molar-refractivity contribution in [3.63, 3.8) is 0 Å². The Kier molecular flexibility index (Phi) is 5.93. The van der Waals surface area contributed by atoms with Gasteiger partial charge in [-0.05, 0) is 69.6 Å². The van der Waals surface area contributed by atoms with E-state index in [1.807, 2.05) is 25.4 Å². The number of pyridine rings is 1. The van der Waals surface area contributed by atoms with Gasteiger partial charge in [-0.2, -0.15) is 15.5 Å².